The summed E-state index contributed by atoms with van der Waals surface area (Å²) in [7, 11) is 0. The number of nitrogens with zero attached hydrogens (tertiary/aromatic N) is 3. The highest BCUT2D eigenvalue weighted by Crippen LogP contribution is 2.29. The Morgan fingerprint density at radius 1 is 0.451 bits per heavy atom. The van der Waals surface area contributed by atoms with Crippen LogP contribution in [0.5, 0.6) is 28.7 Å². The maximum atomic E-state index is 12.2. The molecule has 5 aromatic rings. The first-order valence-electron chi connectivity index (χ1n) is 27.6. The van der Waals surface area contributed by atoms with Crippen LogP contribution in [0.15, 0.2) is 109 Å². The molecule has 0 fully saturated rings. The number of rotatable bonds is 41. The highest BCUT2D eigenvalue weighted by atomic mass is 16.6. The minimum Gasteiger partial charge on any atom is -0.489 e. The summed E-state index contributed by atoms with van der Waals surface area (Å²) >= 11 is 0. The Balaban J connectivity index is 1.38. The molecule has 20 nitrogen and oxygen atoms in total. The monoisotopic (exact) mass is 1140 g/mol. The maximum absolute atomic E-state index is 12.2. The Bertz CT molecular complexity index is 2790. The number of hydrogen-bond donors (Lipinski definition) is 6. The molecule has 82 heavy (non-hydrogen) atoms. The van der Waals surface area contributed by atoms with Gasteiger partial charge in [0.25, 0.3) is 0 Å². The van der Waals surface area contributed by atoms with Crippen molar-refractivity contribution in [2.75, 3.05) is 65.6 Å². The van der Waals surface area contributed by atoms with Gasteiger partial charge in [0.1, 0.15) is 55.2 Å². The van der Waals surface area contributed by atoms with Crippen LogP contribution in [0.25, 0.3) is 0 Å². The maximum Gasteiger partial charge on any atom is 0.317 e. The molecule has 0 saturated carbocycles. The van der Waals surface area contributed by atoms with Gasteiger partial charge in [-0.05, 0) is 120 Å². The SMILES string of the molecule is CCCCc1ccc(COc2ccc(OCC(COc3ccc(OCc4ccc(CCCC)cc4)cc3CC(=O)O)Oc3ccc(CC(CN(CCN(CC(=O)O)CC(=O)O)CC(=O)O)N(CC(=O)O)CC(=O)O)cc3)c(CC)c2)cc1. The third-order valence-corrected chi connectivity index (χ3v) is 13.3. The van der Waals surface area contributed by atoms with E-state index in [0.29, 0.717) is 47.2 Å². The smallest absolute Gasteiger partial charge is 0.317 e. The highest BCUT2D eigenvalue weighted by Gasteiger charge is 2.28. The Labute approximate surface area is 478 Å². The second kappa shape index (κ2) is 34.2. The zero-order chi connectivity index (χ0) is 59.4. The summed E-state index contributed by atoms with van der Waals surface area (Å²) in [5, 5.41) is 58.2. The molecule has 5 rings (SSSR count). The molecular formula is C62H77N3O17. The third-order valence-electron chi connectivity index (χ3n) is 13.3. The summed E-state index contributed by atoms with van der Waals surface area (Å²) in [5.74, 6) is -5.29. The van der Waals surface area contributed by atoms with E-state index < -0.39 is 80.7 Å². The van der Waals surface area contributed by atoms with Gasteiger partial charge in [0.15, 0.2) is 6.10 Å². The van der Waals surface area contributed by atoms with Crippen molar-refractivity contribution in [3.8, 4) is 28.7 Å². The van der Waals surface area contributed by atoms with Crippen LogP contribution >= 0.6 is 0 Å². The van der Waals surface area contributed by atoms with Crippen LogP contribution in [-0.4, -0.2) is 159 Å². The molecule has 0 saturated heterocycles. The Kier molecular flexibility index (Phi) is 26.9. The normalized spacial score (nSPS) is 12.0. The summed E-state index contributed by atoms with van der Waals surface area (Å²) in [6, 6.07) is 32.9. The Hall–Kier alpha value is -8.20. The predicted octanol–water partition coefficient (Wildman–Crippen LogP) is 7.86. The molecule has 0 radical (unpaired) electrons. The van der Waals surface area contributed by atoms with Crippen molar-refractivity contribution in [1.82, 2.24) is 14.7 Å². The van der Waals surface area contributed by atoms with Gasteiger partial charge in [-0.3, -0.25) is 43.5 Å². The lowest BCUT2D eigenvalue weighted by molar-refractivity contribution is -0.144. The van der Waals surface area contributed by atoms with Gasteiger partial charge < -0.3 is 54.3 Å². The van der Waals surface area contributed by atoms with Crippen LogP contribution in [-0.2, 0) is 74.1 Å². The van der Waals surface area contributed by atoms with E-state index >= 15 is 0 Å². The zero-order valence-corrected chi connectivity index (χ0v) is 46.9. The fourth-order valence-corrected chi connectivity index (χ4v) is 9.07. The van der Waals surface area contributed by atoms with E-state index in [0.717, 1.165) is 60.1 Å². The van der Waals surface area contributed by atoms with Crippen LogP contribution < -0.4 is 23.7 Å². The average Bonchev–Trinajstić information content (AvgIpc) is 3.46. The Morgan fingerprint density at radius 2 is 0.866 bits per heavy atom. The molecule has 0 aliphatic heterocycles. The minimum atomic E-state index is -1.34. The second-order valence-electron chi connectivity index (χ2n) is 20.1. The van der Waals surface area contributed by atoms with E-state index in [-0.39, 0.29) is 58.0 Å². The lowest BCUT2D eigenvalue weighted by atomic mass is 10.0. The fraction of sp³-hybridized carbons (Fsp3) is 0.419. The van der Waals surface area contributed by atoms with Crippen molar-refractivity contribution in [3.63, 3.8) is 0 Å². The minimum absolute atomic E-state index is 0.0167. The van der Waals surface area contributed by atoms with E-state index in [1.807, 2.05) is 37.3 Å². The first-order valence-corrected chi connectivity index (χ1v) is 27.6. The highest BCUT2D eigenvalue weighted by molar-refractivity contribution is 5.74. The third kappa shape index (κ3) is 23.9. The number of carbonyl (C=O) groups is 6. The van der Waals surface area contributed by atoms with Crippen molar-refractivity contribution >= 4 is 35.8 Å². The van der Waals surface area contributed by atoms with Gasteiger partial charge >= 0.3 is 35.8 Å². The molecule has 0 aromatic heterocycles. The molecular weight excluding hydrogens is 1060 g/mol. The van der Waals surface area contributed by atoms with Gasteiger partial charge in [-0.25, -0.2) is 0 Å². The summed E-state index contributed by atoms with van der Waals surface area (Å²) in [4.78, 5) is 75.0. The molecule has 442 valence electrons. The van der Waals surface area contributed by atoms with E-state index in [2.05, 4.69) is 50.2 Å². The van der Waals surface area contributed by atoms with Crippen LogP contribution in [0.2, 0.25) is 0 Å². The van der Waals surface area contributed by atoms with Crippen molar-refractivity contribution in [2.24, 2.45) is 0 Å². The van der Waals surface area contributed by atoms with Crippen molar-refractivity contribution in [3.05, 3.63) is 148 Å². The molecule has 6 N–H and O–H groups in total. The number of aryl methyl sites for hydroxylation is 3. The van der Waals surface area contributed by atoms with Crippen molar-refractivity contribution < 1.29 is 83.1 Å². The van der Waals surface area contributed by atoms with Crippen LogP contribution in [0.3, 0.4) is 0 Å². The fourth-order valence-electron chi connectivity index (χ4n) is 9.07. The Morgan fingerprint density at radius 3 is 1.32 bits per heavy atom. The summed E-state index contributed by atoms with van der Waals surface area (Å²) in [6.45, 7) is 2.97. The van der Waals surface area contributed by atoms with Crippen LogP contribution in [0, 0.1) is 0 Å². The zero-order valence-electron chi connectivity index (χ0n) is 46.9. The molecule has 0 spiro atoms. The van der Waals surface area contributed by atoms with E-state index in [1.54, 1.807) is 42.5 Å². The van der Waals surface area contributed by atoms with E-state index in [9.17, 15) is 59.4 Å². The molecule has 2 unspecified atom stereocenters. The average molecular weight is 1140 g/mol. The quantitative estimate of drug-likeness (QED) is 0.0217. The van der Waals surface area contributed by atoms with Crippen LogP contribution in [0.4, 0.5) is 0 Å². The number of ether oxygens (including phenoxy) is 5. The number of carboxylic acids is 6. The molecule has 0 amide bonds. The first kappa shape index (κ1) is 64.6. The largest absolute Gasteiger partial charge is 0.489 e. The summed E-state index contributed by atoms with van der Waals surface area (Å²) in [5.41, 5.74) is 6.35. The molecule has 0 aliphatic rings. The van der Waals surface area contributed by atoms with Crippen molar-refractivity contribution in [1.29, 1.82) is 0 Å². The summed E-state index contributed by atoms with van der Waals surface area (Å²) in [6.07, 6.45) is 5.93. The molecule has 2 atom stereocenters. The lowest BCUT2D eigenvalue weighted by Crippen LogP contribution is -2.51. The molecule has 20 heteroatoms. The summed E-state index contributed by atoms with van der Waals surface area (Å²) < 4.78 is 31.6. The number of aliphatic carboxylic acids is 6. The van der Waals surface area contributed by atoms with Gasteiger partial charge in [0.2, 0.25) is 0 Å². The first-order chi connectivity index (χ1) is 39.4. The lowest BCUT2D eigenvalue weighted by Gasteiger charge is -2.34. The van der Waals surface area contributed by atoms with Gasteiger partial charge in [-0.1, -0.05) is 94.3 Å². The van der Waals surface area contributed by atoms with Gasteiger partial charge in [0, 0.05) is 31.2 Å². The molecule has 0 bridgehead atoms. The molecule has 0 heterocycles. The van der Waals surface area contributed by atoms with Gasteiger partial charge in [-0.2, -0.15) is 0 Å². The van der Waals surface area contributed by atoms with Gasteiger partial charge in [-0.15, -0.1) is 0 Å². The van der Waals surface area contributed by atoms with E-state index in [4.69, 9.17) is 23.7 Å². The number of hydrogen-bond acceptors (Lipinski definition) is 14. The number of benzene rings is 5. The predicted molar refractivity (Wildman–Crippen MR) is 304 cm³/mol. The van der Waals surface area contributed by atoms with Crippen LogP contribution in [0.1, 0.15) is 85.4 Å². The topological polar surface area (TPSA) is 280 Å². The number of unbranched alkanes of at least 4 members (excludes halogenated alkanes) is 2. The second-order valence-corrected chi connectivity index (χ2v) is 20.1. The van der Waals surface area contributed by atoms with Gasteiger partial charge in [0.05, 0.1) is 39.1 Å². The molecule has 5 aromatic carbocycles. The van der Waals surface area contributed by atoms with E-state index in [1.165, 1.54) is 20.9 Å². The standard InChI is InChI=1S/C62H77N3O17/c1-4-7-9-43-11-15-46(16-12-43)39-78-52-23-25-55(48(6-3)30-52)80-41-54(42-81-56-26-24-53(31-49(56)32-57(66)67)79-40-47-17-13-44(14-18-47)10-8-5-2)82-51-21-19-45(20-22-51)29-50(65(37-61(74)75)38-62(76)77)33-63(34-58(68)69)27-28-64(35-59(70)71)36-60(72)73/h11-26,30-31,50,54H,4-10,27-29,32-42H2,1-3H3,(H,66,67)(H,68,69)(H,70,71)(H,72,73)(H,74,75)(H,76,77). The molecule has 0 aliphatic carbocycles. The number of carboxylic acid groups (broad SMARTS) is 6. The van der Waals surface area contributed by atoms with Crippen molar-refractivity contribution in [2.45, 2.75) is 104 Å².